The summed E-state index contributed by atoms with van der Waals surface area (Å²) >= 11 is 12.4. The van der Waals surface area contributed by atoms with Crippen molar-refractivity contribution < 1.29 is 4.74 Å². The summed E-state index contributed by atoms with van der Waals surface area (Å²) in [6.07, 6.45) is 1.43. The first-order chi connectivity index (χ1) is 11.4. The molecule has 0 unspecified atom stereocenters. The fraction of sp³-hybridized carbons (Fsp3) is 0. The zero-order valence-corrected chi connectivity index (χ0v) is 13.4. The topological polar surface area (TPSA) is 127 Å². The van der Waals surface area contributed by atoms with Gasteiger partial charge in [-0.1, -0.05) is 23.2 Å². The van der Waals surface area contributed by atoms with E-state index in [4.69, 9.17) is 33.7 Å². The molecule has 2 aromatic heterocycles. The second kappa shape index (κ2) is 6.34. The molecule has 0 bridgehead atoms. The van der Waals surface area contributed by atoms with Crippen LogP contribution in [0.2, 0.25) is 10.0 Å². The number of H-pyrrole nitrogens is 2. The third kappa shape index (κ3) is 3.24. The lowest BCUT2D eigenvalue weighted by Crippen LogP contribution is -2.25. The van der Waals surface area contributed by atoms with Crippen molar-refractivity contribution in [3.8, 4) is 22.9 Å². The molecule has 4 N–H and O–H groups in total. The number of benzene rings is 1. The van der Waals surface area contributed by atoms with Gasteiger partial charge in [0.05, 0.1) is 21.9 Å². The summed E-state index contributed by atoms with van der Waals surface area (Å²) in [5, 5.41) is 6.11. The van der Waals surface area contributed by atoms with Gasteiger partial charge < -0.3 is 10.5 Å². The second-order valence-corrected chi connectivity index (χ2v) is 5.47. The van der Waals surface area contributed by atoms with Crippen molar-refractivity contribution in [3.63, 3.8) is 0 Å². The van der Waals surface area contributed by atoms with Crippen LogP contribution in [-0.4, -0.2) is 20.2 Å². The van der Waals surface area contributed by atoms with E-state index in [1.54, 1.807) is 12.1 Å². The number of ether oxygens (including phenoxy) is 1. The van der Waals surface area contributed by atoms with E-state index < -0.39 is 11.2 Å². The summed E-state index contributed by atoms with van der Waals surface area (Å²) in [4.78, 5) is 28.9. The highest BCUT2D eigenvalue weighted by Gasteiger charge is 2.15. The fourth-order valence-corrected chi connectivity index (χ4v) is 2.46. The van der Waals surface area contributed by atoms with E-state index in [1.165, 1.54) is 18.3 Å². The smallest absolute Gasteiger partial charge is 0.342 e. The number of rotatable bonds is 3. The van der Waals surface area contributed by atoms with Gasteiger partial charge in [-0.3, -0.25) is 9.78 Å². The molecule has 24 heavy (non-hydrogen) atoms. The van der Waals surface area contributed by atoms with Crippen molar-refractivity contribution in [2.45, 2.75) is 0 Å². The lowest BCUT2D eigenvalue weighted by atomic mass is 10.1. The molecule has 10 heteroatoms. The summed E-state index contributed by atoms with van der Waals surface area (Å²) in [6, 6.07) is 6.05. The van der Waals surface area contributed by atoms with Crippen molar-refractivity contribution in [1.82, 2.24) is 20.2 Å². The number of anilines is 1. The normalized spacial score (nSPS) is 10.6. The molecule has 0 saturated heterocycles. The number of aromatic nitrogens is 4. The first kappa shape index (κ1) is 16.0. The van der Waals surface area contributed by atoms with Crippen LogP contribution in [0.3, 0.4) is 0 Å². The Kier molecular flexibility index (Phi) is 4.24. The minimum absolute atomic E-state index is 0.0319. The van der Waals surface area contributed by atoms with Crippen LogP contribution in [0.4, 0.5) is 5.69 Å². The molecule has 3 aromatic rings. The van der Waals surface area contributed by atoms with Gasteiger partial charge in [-0.15, -0.1) is 0 Å². The number of nitrogen functional groups attached to an aromatic ring is 1. The van der Waals surface area contributed by atoms with Crippen molar-refractivity contribution in [2.75, 3.05) is 5.73 Å². The van der Waals surface area contributed by atoms with Gasteiger partial charge >= 0.3 is 5.69 Å². The third-order valence-electron chi connectivity index (χ3n) is 2.95. The summed E-state index contributed by atoms with van der Waals surface area (Å²) in [5.41, 5.74) is 4.95. The number of hydrogen-bond acceptors (Lipinski definition) is 6. The maximum atomic E-state index is 11.8. The highest BCUT2D eigenvalue weighted by molar-refractivity contribution is 6.37. The number of aromatic amines is 2. The molecule has 0 aliphatic carbocycles. The van der Waals surface area contributed by atoms with Crippen LogP contribution in [0.5, 0.6) is 11.6 Å². The maximum absolute atomic E-state index is 11.8. The molecule has 8 nitrogen and oxygen atoms in total. The van der Waals surface area contributed by atoms with Crippen LogP contribution < -0.4 is 21.7 Å². The van der Waals surface area contributed by atoms with Crippen molar-refractivity contribution >= 4 is 28.9 Å². The Bertz CT molecular complexity index is 991. The molecule has 0 amide bonds. The van der Waals surface area contributed by atoms with Crippen LogP contribution in [0.1, 0.15) is 0 Å². The third-order valence-corrected chi connectivity index (χ3v) is 3.51. The second-order valence-electron chi connectivity index (χ2n) is 4.66. The van der Waals surface area contributed by atoms with Gasteiger partial charge in [-0.05, 0) is 18.2 Å². The number of nitrogens with two attached hydrogens (primary N) is 1. The monoisotopic (exact) mass is 365 g/mol. The number of hydrogen-bond donors (Lipinski definition) is 3. The number of nitrogens with one attached hydrogen (secondary N) is 2. The molecule has 0 aliphatic rings. The largest absolute Gasteiger partial charge is 0.436 e. The quantitative estimate of drug-likeness (QED) is 0.652. The first-order valence-electron chi connectivity index (χ1n) is 6.52. The summed E-state index contributed by atoms with van der Waals surface area (Å²) in [7, 11) is 0. The predicted octanol–water partition coefficient (Wildman–Crippen LogP) is 2.20. The molecule has 0 spiro atoms. The van der Waals surface area contributed by atoms with Crippen LogP contribution in [0.25, 0.3) is 11.3 Å². The van der Waals surface area contributed by atoms with E-state index in [0.29, 0.717) is 11.3 Å². The van der Waals surface area contributed by atoms with Gasteiger partial charge in [0, 0.05) is 11.6 Å². The molecule has 0 radical (unpaired) electrons. The van der Waals surface area contributed by atoms with E-state index >= 15 is 0 Å². The van der Waals surface area contributed by atoms with Crippen LogP contribution in [0, 0.1) is 0 Å². The molecule has 0 saturated carbocycles. The molecule has 3 rings (SSSR count). The molecular formula is C14H9Cl2N5O3. The average molecular weight is 366 g/mol. The average Bonchev–Trinajstić information content (AvgIpc) is 2.52. The standard InChI is InChI=1S/C14H9Cl2N5O3/c15-8-3-6(11-13(22)19-14(23)21-20-11)4-9(16)12(8)24-10-2-1-7(17)5-18-10/h1-5H,17H2,(H2,19,21,22,23). The van der Waals surface area contributed by atoms with E-state index in [1.807, 2.05) is 0 Å². The molecule has 2 heterocycles. The van der Waals surface area contributed by atoms with Crippen LogP contribution in [-0.2, 0) is 0 Å². The van der Waals surface area contributed by atoms with Gasteiger partial charge in [0.25, 0.3) is 5.56 Å². The lowest BCUT2D eigenvalue weighted by molar-refractivity contribution is 0.463. The Labute approximate surface area is 144 Å². The van der Waals surface area contributed by atoms with Crippen molar-refractivity contribution in [3.05, 3.63) is 61.3 Å². The number of pyridine rings is 1. The maximum Gasteiger partial charge on any atom is 0.342 e. The van der Waals surface area contributed by atoms with E-state index in [9.17, 15) is 9.59 Å². The zero-order chi connectivity index (χ0) is 17.3. The molecular weight excluding hydrogens is 357 g/mol. The fourth-order valence-electron chi connectivity index (χ4n) is 1.89. The van der Waals surface area contributed by atoms with Gasteiger partial charge in [0.2, 0.25) is 5.88 Å². The van der Waals surface area contributed by atoms with Gasteiger partial charge in [-0.25, -0.2) is 14.9 Å². The van der Waals surface area contributed by atoms with E-state index in [0.717, 1.165) is 0 Å². The zero-order valence-electron chi connectivity index (χ0n) is 11.8. The number of halogens is 2. The predicted molar refractivity (Wildman–Crippen MR) is 89.7 cm³/mol. The van der Waals surface area contributed by atoms with E-state index in [-0.39, 0.29) is 27.4 Å². The molecule has 0 fully saturated rings. The highest BCUT2D eigenvalue weighted by Crippen LogP contribution is 2.38. The SMILES string of the molecule is Nc1ccc(Oc2c(Cl)cc(-c3n[nH]c(=O)[nH]c3=O)cc2Cl)nc1. The number of nitrogens with zero attached hydrogens (tertiary/aromatic N) is 2. The van der Waals surface area contributed by atoms with E-state index in [2.05, 4.69) is 20.2 Å². The summed E-state index contributed by atoms with van der Waals surface area (Å²) < 4.78 is 5.54. The molecule has 0 atom stereocenters. The van der Waals surface area contributed by atoms with Crippen LogP contribution >= 0.6 is 23.2 Å². The molecule has 0 aliphatic heterocycles. The van der Waals surface area contributed by atoms with Crippen molar-refractivity contribution in [1.29, 1.82) is 0 Å². The Balaban J connectivity index is 2.01. The Hall–Kier alpha value is -2.84. The molecule has 1 aromatic carbocycles. The highest BCUT2D eigenvalue weighted by atomic mass is 35.5. The van der Waals surface area contributed by atoms with Crippen LogP contribution in [0.15, 0.2) is 40.1 Å². The minimum atomic E-state index is -0.713. The Morgan fingerprint density at radius 3 is 2.42 bits per heavy atom. The Morgan fingerprint density at radius 2 is 1.83 bits per heavy atom. The van der Waals surface area contributed by atoms with Gasteiger partial charge in [-0.2, -0.15) is 5.10 Å². The summed E-state index contributed by atoms with van der Waals surface area (Å²) in [6.45, 7) is 0. The van der Waals surface area contributed by atoms with Gasteiger partial charge in [0.15, 0.2) is 11.4 Å². The minimum Gasteiger partial charge on any atom is -0.436 e. The summed E-state index contributed by atoms with van der Waals surface area (Å²) in [5.74, 6) is 0.418. The van der Waals surface area contributed by atoms with Gasteiger partial charge in [0.1, 0.15) is 0 Å². The van der Waals surface area contributed by atoms with Crippen molar-refractivity contribution in [2.24, 2.45) is 0 Å². The Morgan fingerprint density at radius 1 is 1.12 bits per heavy atom. The molecule has 122 valence electrons. The first-order valence-corrected chi connectivity index (χ1v) is 7.27. The lowest BCUT2D eigenvalue weighted by Gasteiger charge is -2.10.